The van der Waals surface area contributed by atoms with Crippen LogP contribution in [0.15, 0.2) is 18.2 Å². The fourth-order valence-corrected chi connectivity index (χ4v) is 1.38. The molecule has 1 rings (SSSR count). The zero-order chi connectivity index (χ0) is 9.14. The van der Waals surface area contributed by atoms with Crippen molar-refractivity contribution >= 4 is 0 Å². The van der Waals surface area contributed by atoms with Crippen LogP contribution < -0.4 is 0 Å². The Morgan fingerprint density at radius 2 is 1.67 bits per heavy atom. The van der Waals surface area contributed by atoms with Crippen LogP contribution in [0.3, 0.4) is 0 Å². The molecule has 0 aromatic heterocycles. The van der Waals surface area contributed by atoms with E-state index in [9.17, 15) is 4.39 Å². The monoisotopic (exact) mass is 166 g/mol. The van der Waals surface area contributed by atoms with Crippen molar-refractivity contribution < 1.29 is 4.39 Å². The Bertz CT molecular complexity index is 245. The molecule has 1 heteroatoms. The van der Waals surface area contributed by atoms with Crippen molar-refractivity contribution in [1.82, 2.24) is 0 Å². The Morgan fingerprint density at radius 1 is 1.17 bits per heavy atom. The summed E-state index contributed by atoms with van der Waals surface area (Å²) >= 11 is 0. The number of rotatable bonds is 2. The molecule has 1 unspecified atom stereocenters. The van der Waals surface area contributed by atoms with Crippen molar-refractivity contribution in [3.63, 3.8) is 0 Å². The predicted octanol–water partition coefficient (Wildman–Crippen LogP) is 3.38. The summed E-state index contributed by atoms with van der Waals surface area (Å²) in [6.45, 7) is 5.72. The Hall–Kier alpha value is -0.850. The molecule has 1 aromatic rings. The van der Waals surface area contributed by atoms with Crippen LogP contribution in [0.25, 0.3) is 0 Å². The van der Waals surface area contributed by atoms with Crippen molar-refractivity contribution in [2.45, 2.75) is 26.7 Å². The molecular weight excluding hydrogens is 151 g/mol. The first kappa shape index (κ1) is 9.24. The highest BCUT2D eigenvalue weighted by Crippen LogP contribution is 2.18. The predicted molar refractivity (Wildman–Crippen MR) is 50.3 cm³/mol. The average Bonchev–Trinajstić information content (AvgIpc) is 2.01. The van der Waals surface area contributed by atoms with E-state index in [2.05, 4.69) is 18.2 Å². The molecule has 1 aromatic carbocycles. The summed E-state index contributed by atoms with van der Waals surface area (Å²) < 4.78 is 12.3. The quantitative estimate of drug-likeness (QED) is 0.631. The molecule has 0 saturated carbocycles. The smallest absolute Gasteiger partial charge is 0.0960 e. The molecule has 0 bridgehead atoms. The van der Waals surface area contributed by atoms with E-state index in [0.29, 0.717) is 0 Å². The van der Waals surface area contributed by atoms with Gasteiger partial charge in [-0.15, -0.1) is 0 Å². The topological polar surface area (TPSA) is 0 Å². The number of halogens is 1. The first-order valence-corrected chi connectivity index (χ1v) is 4.27. The van der Waals surface area contributed by atoms with Gasteiger partial charge >= 0.3 is 0 Å². The van der Waals surface area contributed by atoms with Gasteiger partial charge in [0.05, 0.1) is 6.67 Å². The number of hydrogen-bond acceptors (Lipinski definition) is 0. The minimum Gasteiger partial charge on any atom is -0.250 e. The van der Waals surface area contributed by atoms with Gasteiger partial charge in [0.15, 0.2) is 0 Å². The maximum absolute atomic E-state index is 12.3. The number of benzene rings is 1. The molecule has 0 N–H and O–H groups in total. The molecule has 0 aliphatic rings. The van der Waals surface area contributed by atoms with Crippen molar-refractivity contribution in [3.8, 4) is 0 Å². The third-order valence-electron chi connectivity index (χ3n) is 2.04. The van der Waals surface area contributed by atoms with Gasteiger partial charge in [-0.05, 0) is 19.4 Å². The average molecular weight is 166 g/mol. The lowest BCUT2D eigenvalue weighted by molar-refractivity contribution is 0.447. The second-order valence-corrected chi connectivity index (χ2v) is 3.48. The number of hydrogen-bond donors (Lipinski definition) is 0. The molecule has 0 aliphatic heterocycles. The lowest BCUT2D eigenvalue weighted by atomic mass is 9.98. The largest absolute Gasteiger partial charge is 0.250 e. The molecule has 0 amide bonds. The van der Waals surface area contributed by atoms with Crippen LogP contribution in [0, 0.1) is 13.8 Å². The van der Waals surface area contributed by atoms with Crippen LogP contribution in [0.4, 0.5) is 4.39 Å². The first-order valence-electron chi connectivity index (χ1n) is 4.27. The molecule has 0 aliphatic carbocycles. The van der Waals surface area contributed by atoms with Gasteiger partial charge in [-0.25, -0.2) is 0 Å². The normalized spacial score (nSPS) is 13.0. The first-order chi connectivity index (χ1) is 5.63. The summed E-state index contributed by atoms with van der Waals surface area (Å²) in [5.74, 6) is 0.0311. The van der Waals surface area contributed by atoms with Gasteiger partial charge in [0.1, 0.15) is 0 Å². The second-order valence-electron chi connectivity index (χ2n) is 3.48. The van der Waals surface area contributed by atoms with Crippen molar-refractivity contribution in [2.75, 3.05) is 6.67 Å². The Balaban J connectivity index is 3.00. The van der Waals surface area contributed by atoms with E-state index in [0.717, 1.165) is 5.56 Å². The maximum Gasteiger partial charge on any atom is 0.0960 e. The van der Waals surface area contributed by atoms with Crippen molar-refractivity contribution in [2.24, 2.45) is 0 Å². The molecule has 0 saturated heterocycles. The van der Waals surface area contributed by atoms with Gasteiger partial charge in [-0.2, -0.15) is 0 Å². The standard InChI is InChI=1S/C11H15F/c1-8-4-9(2)6-11(5-8)10(3)7-12/h4-6,10H,7H2,1-3H3. The van der Waals surface area contributed by atoms with Gasteiger partial charge in [-0.3, -0.25) is 4.39 Å². The molecular formula is C11H15F. The van der Waals surface area contributed by atoms with Gasteiger partial charge in [0.2, 0.25) is 0 Å². The van der Waals surface area contributed by atoms with Crippen LogP contribution in [-0.4, -0.2) is 6.67 Å². The van der Waals surface area contributed by atoms with E-state index < -0.39 is 0 Å². The summed E-state index contributed by atoms with van der Waals surface area (Å²) in [5, 5.41) is 0. The van der Waals surface area contributed by atoms with Gasteiger partial charge in [0, 0.05) is 5.92 Å². The molecule has 66 valence electrons. The van der Waals surface area contributed by atoms with Gasteiger partial charge in [0.25, 0.3) is 0 Å². The van der Waals surface area contributed by atoms with Crippen molar-refractivity contribution in [1.29, 1.82) is 0 Å². The highest BCUT2D eigenvalue weighted by Gasteiger charge is 2.04. The maximum atomic E-state index is 12.3. The second kappa shape index (κ2) is 3.70. The molecule has 0 nitrogen and oxygen atoms in total. The highest BCUT2D eigenvalue weighted by atomic mass is 19.1. The fourth-order valence-electron chi connectivity index (χ4n) is 1.38. The Morgan fingerprint density at radius 3 is 2.08 bits per heavy atom. The van der Waals surface area contributed by atoms with Crippen molar-refractivity contribution in [3.05, 3.63) is 34.9 Å². The minimum absolute atomic E-state index is 0.0311. The summed E-state index contributed by atoms with van der Waals surface area (Å²) in [6.07, 6.45) is 0. The number of aryl methyl sites for hydroxylation is 2. The van der Waals surface area contributed by atoms with E-state index in [1.54, 1.807) is 0 Å². The molecule has 0 spiro atoms. The van der Waals surface area contributed by atoms with Gasteiger partial charge < -0.3 is 0 Å². The van der Waals surface area contributed by atoms with E-state index >= 15 is 0 Å². The van der Waals surface area contributed by atoms with Crippen LogP contribution in [0.1, 0.15) is 29.5 Å². The SMILES string of the molecule is Cc1cc(C)cc(C(C)CF)c1. The van der Waals surface area contributed by atoms with Crippen LogP contribution >= 0.6 is 0 Å². The van der Waals surface area contributed by atoms with E-state index in [1.165, 1.54) is 11.1 Å². The van der Waals surface area contributed by atoms with Crippen LogP contribution in [-0.2, 0) is 0 Å². The molecule has 0 fully saturated rings. The Labute approximate surface area is 73.4 Å². The Kier molecular flexibility index (Phi) is 2.85. The summed E-state index contributed by atoms with van der Waals surface area (Å²) in [6, 6.07) is 6.21. The molecule has 0 radical (unpaired) electrons. The minimum atomic E-state index is -0.275. The van der Waals surface area contributed by atoms with Crippen LogP contribution in [0.2, 0.25) is 0 Å². The molecule has 0 heterocycles. The summed E-state index contributed by atoms with van der Waals surface area (Å²) in [4.78, 5) is 0. The zero-order valence-electron chi connectivity index (χ0n) is 7.89. The molecule has 12 heavy (non-hydrogen) atoms. The molecule has 1 atom stereocenters. The fraction of sp³-hybridized carbons (Fsp3) is 0.455. The summed E-state index contributed by atoms with van der Waals surface area (Å²) in [5.41, 5.74) is 3.53. The lowest BCUT2D eigenvalue weighted by Crippen LogP contribution is -1.96. The number of alkyl halides is 1. The lowest BCUT2D eigenvalue weighted by Gasteiger charge is -2.09. The van der Waals surface area contributed by atoms with Gasteiger partial charge in [-0.1, -0.05) is 36.2 Å². The third-order valence-corrected chi connectivity index (χ3v) is 2.04. The summed E-state index contributed by atoms with van der Waals surface area (Å²) in [7, 11) is 0. The van der Waals surface area contributed by atoms with Crippen LogP contribution in [0.5, 0.6) is 0 Å². The van der Waals surface area contributed by atoms with E-state index in [1.807, 2.05) is 20.8 Å². The van der Waals surface area contributed by atoms with E-state index in [-0.39, 0.29) is 12.6 Å². The third kappa shape index (κ3) is 2.07. The highest BCUT2D eigenvalue weighted by molar-refractivity contribution is 5.30. The zero-order valence-corrected chi connectivity index (χ0v) is 7.89. The van der Waals surface area contributed by atoms with E-state index in [4.69, 9.17) is 0 Å².